The van der Waals surface area contributed by atoms with E-state index in [2.05, 4.69) is 32.0 Å². The molecule has 8 nitrogen and oxygen atoms in total. The summed E-state index contributed by atoms with van der Waals surface area (Å²) in [5, 5.41) is 21.2. The second kappa shape index (κ2) is 11.1. The summed E-state index contributed by atoms with van der Waals surface area (Å²) in [5.74, 6) is 1.02. The first-order chi connectivity index (χ1) is 17.0. The third-order valence-corrected chi connectivity index (χ3v) is 6.25. The molecule has 0 bridgehead atoms. The highest BCUT2D eigenvalue weighted by Gasteiger charge is 2.14. The van der Waals surface area contributed by atoms with Crippen LogP contribution in [0.5, 0.6) is 11.5 Å². The van der Waals surface area contributed by atoms with Crippen LogP contribution >= 0.6 is 27.7 Å². The Labute approximate surface area is 213 Å². The fraction of sp³-hybridized carbons (Fsp3) is 0.120. The molecule has 0 aliphatic rings. The number of benzene rings is 3. The maximum Gasteiger partial charge on any atom is 0.269 e. The van der Waals surface area contributed by atoms with Crippen molar-refractivity contribution in [3.63, 3.8) is 0 Å². The number of nitrogens with one attached hydrogen (secondary N) is 1. The monoisotopic (exact) mass is 550 g/mol. The number of nitrogens with zero attached hydrogens (tertiary/aromatic N) is 3. The van der Waals surface area contributed by atoms with Crippen molar-refractivity contribution >= 4 is 50.5 Å². The largest absolute Gasteiger partial charge is 0.490 e. The van der Waals surface area contributed by atoms with E-state index >= 15 is 0 Å². The standard InChI is InChI=1S/C25H19BrN4O4S/c1-2-33-23-13-17(11-19(14-27)35-25-28-21-5-3-4-6-22(21)29-25)12-20(26)24(23)34-15-16-7-9-18(10-8-16)30(31)32/h3-13H,2,15H2,1H3,(H,28,29)/b19-11+. The van der Waals surface area contributed by atoms with Gasteiger partial charge in [0, 0.05) is 12.1 Å². The molecule has 3 aromatic carbocycles. The van der Waals surface area contributed by atoms with Gasteiger partial charge in [0.15, 0.2) is 16.7 Å². The lowest BCUT2D eigenvalue weighted by Crippen LogP contribution is -2.01. The number of rotatable bonds is 9. The van der Waals surface area contributed by atoms with Gasteiger partial charge < -0.3 is 14.5 Å². The summed E-state index contributed by atoms with van der Waals surface area (Å²) in [6.45, 7) is 2.50. The van der Waals surface area contributed by atoms with Gasteiger partial charge in [0.1, 0.15) is 12.7 Å². The minimum absolute atomic E-state index is 0.0230. The summed E-state index contributed by atoms with van der Waals surface area (Å²) in [5.41, 5.74) is 3.30. The molecule has 0 radical (unpaired) electrons. The molecule has 0 aliphatic heterocycles. The zero-order chi connectivity index (χ0) is 24.8. The van der Waals surface area contributed by atoms with Crippen LogP contribution in [0.4, 0.5) is 5.69 Å². The number of ether oxygens (including phenoxy) is 2. The minimum Gasteiger partial charge on any atom is -0.490 e. The Morgan fingerprint density at radius 1 is 1.23 bits per heavy atom. The normalized spacial score (nSPS) is 11.3. The Bertz CT molecular complexity index is 1410. The van der Waals surface area contributed by atoms with Gasteiger partial charge in [0.05, 0.1) is 31.9 Å². The van der Waals surface area contributed by atoms with Gasteiger partial charge in [0.2, 0.25) is 0 Å². The fourth-order valence-corrected chi connectivity index (χ4v) is 4.59. The molecule has 0 atom stereocenters. The molecule has 1 N–H and O–H groups in total. The third-order valence-electron chi connectivity index (χ3n) is 4.84. The number of hydrogen-bond donors (Lipinski definition) is 1. The Kier molecular flexibility index (Phi) is 7.70. The maximum absolute atomic E-state index is 10.8. The summed E-state index contributed by atoms with van der Waals surface area (Å²) < 4.78 is 12.4. The lowest BCUT2D eigenvalue weighted by atomic mass is 10.2. The SMILES string of the molecule is CCOc1cc(/C=C(\C#N)Sc2nc3ccccc3[nH]2)cc(Br)c1OCc1ccc([N+](=O)[O-])cc1. The maximum atomic E-state index is 10.8. The smallest absolute Gasteiger partial charge is 0.269 e. The van der Waals surface area contributed by atoms with E-state index in [0.717, 1.165) is 22.2 Å². The first-order valence-corrected chi connectivity index (χ1v) is 12.1. The number of para-hydroxylation sites is 2. The van der Waals surface area contributed by atoms with Gasteiger partial charge >= 0.3 is 0 Å². The predicted octanol–water partition coefficient (Wildman–Crippen LogP) is 6.87. The molecule has 0 spiro atoms. The van der Waals surface area contributed by atoms with E-state index in [4.69, 9.17) is 9.47 Å². The molecule has 0 aliphatic carbocycles. The Hall–Kier alpha value is -3.81. The summed E-state index contributed by atoms with van der Waals surface area (Å²) in [6, 6.07) is 19.7. The summed E-state index contributed by atoms with van der Waals surface area (Å²) >= 11 is 4.79. The number of aromatic nitrogens is 2. The second-order valence-electron chi connectivity index (χ2n) is 7.26. The summed E-state index contributed by atoms with van der Waals surface area (Å²) in [7, 11) is 0. The van der Waals surface area contributed by atoms with Crippen LogP contribution in [-0.2, 0) is 6.61 Å². The average Bonchev–Trinajstić information content (AvgIpc) is 3.26. The molecule has 0 fully saturated rings. The number of H-pyrrole nitrogens is 1. The molecule has 0 saturated carbocycles. The number of nitro groups is 1. The van der Waals surface area contributed by atoms with Crippen LogP contribution in [0.3, 0.4) is 0 Å². The third kappa shape index (κ3) is 6.01. The van der Waals surface area contributed by atoms with E-state index in [-0.39, 0.29) is 12.3 Å². The van der Waals surface area contributed by atoms with E-state index in [9.17, 15) is 15.4 Å². The zero-order valence-electron chi connectivity index (χ0n) is 18.5. The molecule has 0 unspecified atom stereocenters. The highest BCUT2D eigenvalue weighted by Crippen LogP contribution is 2.39. The molecular weight excluding hydrogens is 532 g/mol. The number of aromatic amines is 1. The van der Waals surface area contributed by atoms with Crippen molar-refractivity contribution in [3.8, 4) is 17.6 Å². The van der Waals surface area contributed by atoms with Gasteiger partial charge in [-0.15, -0.1) is 0 Å². The van der Waals surface area contributed by atoms with Crippen molar-refractivity contribution in [3.05, 3.63) is 91.3 Å². The number of nitriles is 1. The second-order valence-corrected chi connectivity index (χ2v) is 9.14. The number of thioether (sulfide) groups is 1. The van der Waals surface area contributed by atoms with Crippen LogP contribution in [0.1, 0.15) is 18.1 Å². The molecule has 176 valence electrons. The van der Waals surface area contributed by atoms with Gasteiger partial charge in [-0.1, -0.05) is 12.1 Å². The number of nitro benzene ring substituents is 1. The topological polar surface area (TPSA) is 114 Å². The number of hydrogen-bond acceptors (Lipinski definition) is 7. The average molecular weight is 551 g/mol. The highest BCUT2D eigenvalue weighted by atomic mass is 79.9. The molecule has 1 heterocycles. The Morgan fingerprint density at radius 2 is 2.00 bits per heavy atom. The zero-order valence-corrected chi connectivity index (χ0v) is 20.9. The number of allylic oxidation sites excluding steroid dienone is 1. The number of imidazole rings is 1. The Balaban J connectivity index is 1.55. The van der Waals surface area contributed by atoms with Crippen molar-refractivity contribution in [2.45, 2.75) is 18.7 Å². The molecule has 4 aromatic rings. The first-order valence-electron chi connectivity index (χ1n) is 10.5. The van der Waals surface area contributed by atoms with Gasteiger partial charge in [-0.2, -0.15) is 5.26 Å². The van der Waals surface area contributed by atoms with Gasteiger partial charge in [0.25, 0.3) is 5.69 Å². The Morgan fingerprint density at radius 3 is 2.69 bits per heavy atom. The molecule has 0 saturated heterocycles. The van der Waals surface area contributed by atoms with E-state index < -0.39 is 4.92 Å². The number of non-ortho nitro benzene ring substituents is 1. The molecule has 0 amide bonds. The van der Waals surface area contributed by atoms with Gasteiger partial charge in [-0.05, 0) is 88.2 Å². The molecule has 10 heteroatoms. The fourth-order valence-electron chi connectivity index (χ4n) is 3.26. The van der Waals surface area contributed by atoms with Gasteiger partial charge in [-0.25, -0.2) is 4.98 Å². The molecule has 35 heavy (non-hydrogen) atoms. The van der Waals surface area contributed by atoms with Crippen LogP contribution in [0.25, 0.3) is 17.1 Å². The van der Waals surface area contributed by atoms with E-state index in [1.807, 2.05) is 37.3 Å². The lowest BCUT2D eigenvalue weighted by molar-refractivity contribution is -0.384. The van der Waals surface area contributed by atoms with E-state index in [1.165, 1.54) is 23.9 Å². The van der Waals surface area contributed by atoms with Crippen LogP contribution in [-0.4, -0.2) is 21.5 Å². The van der Waals surface area contributed by atoms with Crippen LogP contribution in [0.15, 0.2) is 75.2 Å². The molecule has 4 rings (SSSR count). The van der Waals surface area contributed by atoms with Crippen molar-refractivity contribution in [1.82, 2.24) is 9.97 Å². The van der Waals surface area contributed by atoms with Gasteiger partial charge in [-0.3, -0.25) is 10.1 Å². The molecular formula is C25H19BrN4O4S. The van der Waals surface area contributed by atoms with Crippen molar-refractivity contribution < 1.29 is 14.4 Å². The van der Waals surface area contributed by atoms with Crippen molar-refractivity contribution in [2.24, 2.45) is 0 Å². The van der Waals surface area contributed by atoms with E-state index in [0.29, 0.717) is 32.6 Å². The predicted molar refractivity (Wildman–Crippen MR) is 138 cm³/mol. The number of fused-ring (bicyclic) bond motifs is 1. The van der Waals surface area contributed by atoms with Crippen LogP contribution in [0, 0.1) is 21.4 Å². The summed E-state index contributed by atoms with van der Waals surface area (Å²) in [6.07, 6.45) is 1.76. The number of halogens is 1. The quantitative estimate of drug-likeness (QED) is 0.105. The van der Waals surface area contributed by atoms with E-state index in [1.54, 1.807) is 24.3 Å². The highest BCUT2D eigenvalue weighted by molar-refractivity contribution is 9.10. The lowest BCUT2D eigenvalue weighted by Gasteiger charge is -2.15. The van der Waals surface area contributed by atoms with Crippen molar-refractivity contribution in [1.29, 1.82) is 5.26 Å². The van der Waals surface area contributed by atoms with Crippen molar-refractivity contribution in [2.75, 3.05) is 6.61 Å². The van der Waals surface area contributed by atoms with Crippen LogP contribution in [0.2, 0.25) is 0 Å². The summed E-state index contributed by atoms with van der Waals surface area (Å²) in [4.78, 5) is 18.6. The molecule has 1 aromatic heterocycles. The minimum atomic E-state index is -0.442. The first kappa shape index (κ1) is 24.3. The van der Waals surface area contributed by atoms with Crippen LogP contribution < -0.4 is 9.47 Å².